The van der Waals surface area contributed by atoms with E-state index in [2.05, 4.69) is 48.6 Å². The third-order valence-corrected chi connectivity index (χ3v) is 3.85. The smallest absolute Gasteiger partial charge is 0.0381 e. The lowest BCUT2D eigenvalue weighted by Crippen LogP contribution is -2.29. The van der Waals surface area contributed by atoms with Crippen molar-refractivity contribution in [3.05, 3.63) is 24.3 Å². The maximum atomic E-state index is 5.93. The Labute approximate surface area is 110 Å². The lowest BCUT2D eigenvalue weighted by Gasteiger charge is -2.26. The fourth-order valence-electron chi connectivity index (χ4n) is 2.55. The van der Waals surface area contributed by atoms with Gasteiger partial charge in [0.1, 0.15) is 0 Å². The van der Waals surface area contributed by atoms with Gasteiger partial charge in [-0.3, -0.25) is 0 Å². The zero-order valence-electron chi connectivity index (χ0n) is 11.5. The predicted octanol–water partition coefficient (Wildman–Crippen LogP) is 2.68. The van der Waals surface area contributed by atoms with E-state index in [4.69, 9.17) is 5.73 Å². The van der Waals surface area contributed by atoms with Gasteiger partial charge in [-0.2, -0.15) is 0 Å². The van der Waals surface area contributed by atoms with E-state index in [9.17, 15) is 0 Å². The highest BCUT2D eigenvalue weighted by atomic mass is 15.1. The third kappa shape index (κ3) is 3.64. The summed E-state index contributed by atoms with van der Waals surface area (Å²) >= 11 is 0. The number of anilines is 2. The SMILES string of the molecule is CN(C)c1cccc(NCC2CCC(N)CC2)c1. The predicted molar refractivity (Wildman–Crippen MR) is 79.2 cm³/mol. The number of nitrogens with one attached hydrogen (secondary N) is 1. The molecule has 3 N–H and O–H groups in total. The lowest BCUT2D eigenvalue weighted by molar-refractivity contribution is 0.339. The number of nitrogens with two attached hydrogens (primary N) is 1. The van der Waals surface area contributed by atoms with Crippen molar-refractivity contribution in [2.45, 2.75) is 31.7 Å². The molecule has 0 atom stereocenters. The van der Waals surface area contributed by atoms with Crippen LogP contribution in [-0.4, -0.2) is 26.7 Å². The zero-order valence-corrected chi connectivity index (χ0v) is 11.5. The molecule has 0 amide bonds. The molecule has 0 bridgehead atoms. The monoisotopic (exact) mass is 247 g/mol. The van der Waals surface area contributed by atoms with Crippen LogP contribution >= 0.6 is 0 Å². The average molecular weight is 247 g/mol. The first-order chi connectivity index (χ1) is 8.65. The maximum absolute atomic E-state index is 5.93. The van der Waals surface area contributed by atoms with Crippen LogP contribution in [0.25, 0.3) is 0 Å². The molecular formula is C15H25N3. The van der Waals surface area contributed by atoms with Crippen LogP contribution in [0.5, 0.6) is 0 Å². The maximum Gasteiger partial charge on any atom is 0.0381 e. The molecule has 0 aromatic heterocycles. The van der Waals surface area contributed by atoms with Gasteiger partial charge in [-0.15, -0.1) is 0 Å². The molecule has 3 nitrogen and oxygen atoms in total. The number of hydrogen-bond donors (Lipinski definition) is 2. The van der Waals surface area contributed by atoms with Crippen LogP contribution in [0, 0.1) is 5.92 Å². The minimum atomic E-state index is 0.443. The normalized spacial score (nSPS) is 23.7. The minimum absolute atomic E-state index is 0.443. The Morgan fingerprint density at radius 1 is 1.22 bits per heavy atom. The van der Waals surface area contributed by atoms with E-state index in [1.807, 2.05) is 0 Å². The Balaban J connectivity index is 1.84. The summed E-state index contributed by atoms with van der Waals surface area (Å²) in [6.45, 7) is 1.07. The molecule has 18 heavy (non-hydrogen) atoms. The molecule has 1 aromatic carbocycles. The Morgan fingerprint density at radius 3 is 2.61 bits per heavy atom. The Bertz CT molecular complexity index is 368. The van der Waals surface area contributed by atoms with Gasteiger partial charge in [-0.05, 0) is 49.8 Å². The molecule has 0 unspecified atom stereocenters. The van der Waals surface area contributed by atoms with Crippen molar-refractivity contribution in [1.29, 1.82) is 0 Å². The summed E-state index contributed by atoms with van der Waals surface area (Å²) in [4.78, 5) is 2.13. The Kier molecular flexibility index (Phi) is 4.48. The van der Waals surface area contributed by atoms with E-state index < -0.39 is 0 Å². The van der Waals surface area contributed by atoms with Crippen LogP contribution in [0.2, 0.25) is 0 Å². The third-order valence-electron chi connectivity index (χ3n) is 3.85. The largest absolute Gasteiger partial charge is 0.385 e. The van der Waals surface area contributed by atoms with Crippen molar-refractivity contribution in [3.8, 4) is 0 Å². The molecule has 0 aliphatic heterocycles. The van der Waals surface area contributed by atoms with Crippen LogP contribution in [0.1, 0.15) is 25.7 Å². The summed E-state index contributed by atoms with van der Waals surface area (Å²) in [7, 11) is 4.14. The Morgan fingerprint density at radius 2 is 1.94 bits per heavy atom. The van der Waals surface area contributed by atoms with Crippen LogP contribution in [0.15, 0.2) is 24.3 Å². The molecule has 1 saturated carbocycles. The van der Waals surface area contributed by atoms with Crippen LogP contribution in [0.4, 0.5) is 11.4 Å². The molecule has 0 radical (unpaired) electrons. The molecule has 1 fully saturated rings. The van der Waals surface area contributed by atoms with Gasteiger partial charge in [0, 0.05) is 38.1 Å². The topological polar surface area (TPSA) is 41.3 Å². The van der Waals surface area contributed by atoms with Gasteiger partial charge in [-0.1, -0.05) is 6.07 Å². The molecule has 1 aliphatic rings. The first-order valence-corrected chi connectivity index (χ1v) is 6.92. The first-order valence-electron chi connectivity index (χ1n) is 6.92. The quantitative estimate of drug-likeness (QED) is 0.859. The van der Waals surface area contributed by atoms with E-state index in [0.29, 0.717) is 6.04 Å². The van der Waals surface area contributed by atoms with Crippen LogP contribution < -0.4 is 16.0 Å². The lowest BCUT2D eigenvalue weighted by atomic mass is 9.86. The summed E-state index contributed by atoms with van der Waals surface area (Å²) < 4.78 is 0. The van der Waals surface area contributed by atoms with Crippen LogP contribution in [-0.2, 0) is 0 Å². The van der Waals surface area contributed by atoms with E-state index in [1.165, 1.54) is 37.1 Å². The fourth-order valence-corrected chi connectivity index (χ4v) is 2.55. The van der Waals surface area contributed by atoms with Crippen LogP contribution in [0.3, 0.4) is 0 Å². The summed E-state index contributed by atoms with van der Waals surface area (Å²) in [5.74, 6) is 0.785. The second kappa shape index (κ2) is 6.10. The molecule has 1 aromatic rings. The van der Waals surface area contributed by atoms with Gasteiger partial charge in [0.05, 0.1) is 0 Å². The van der Waals surface area contributed by atoms with Crippen molar-refractivity contribution >= 4 is 11.4 Å². The first kappa shape index (κ1) is 13.2. The summed E-state index contributed by atoms with van der Waals surface area (Å²) in [6, 6.07) is 9.02. The summed E-state index contributed by atoms with van der Waals surface area (Å²) in [6.07, 6.45) is 4.90. The molecular weight excluding hydrogens is 222 g/mol. The van der Waals surface area contributed by atoms with Gasteiger partial charge >= 0.3 is 0 Å². The van der Waals surface area contributed by atoms with Crippen molar-refractivity contribution in [2.24, 2.45) is 11.7 Å². The Hall–Kier alpha value is -1.22. The average Bonchev–Trinajstić information content (AvgIpc) is 2.38. The molecule has 0 saturated heterocycles. The number of rotatable bonds is 4. The van der Waals surface area contributed by atoms with Gasteiger partial charge in [0.25, 0.3) is 0 Å². The van der Waals surface area contributed by atoms with E-state index in [0.717, 1.165) is 12.5 Å². The minimum Gasteiger partial charge on any atom is -0.385 e. The highest BCUT2D eigenvalue weighted by Crippen LogP contribution is 2.24. The van der Waals surface area contributed by atoms with Crippen molar-refractivity contribution in [3.63, 3.8) is 0 Å². The standard InChI is InChI=1S/C15H25N3/c1-18(2)15-5-3-4-14(10-15)17-11-12-6-8-13(16)9-7-12/h3-5,10,12-13,17H,6-9,11,16H2,1-2H3. The van der Waals surface area contributed by atoms with Gasteiger partial charge in [-0.25, -0.2) is 0 Å². The summed E-state index contributed by atoms with van der Waals surface area (Å²) in [5.41, 5.74) is 8.39. The number of nitrogens with zero attached hydrogens (tertiary/aromatic N) is 1. The molecule has 0 spiro atoms. The van der Waals surface area contributed by atoms with E-state index >= 15 is 0 Å². The number of hydrogen-bond acceptors (Lipinski definition) is 3. The van der Waals surface area contributed by atoms with Crippen molar-refractivity contribution < 1.29 is 0 Å². The van der Waals surface area contributed by atoms with Crippen molar-refractivity contribution in [2.75, 3.05) is 30.9 Å². The highest BCUT2D eigenvalue weighted by molar-refractivity contribution is 5.57. The second-order valence-corrected chi connectivity index (χ2v) is 5.61. The zero-order chi connectivity index (χ0) is 13.0. The molecule has 1 aliphatic carbocycles. The van der Waals surface area contributed by atoms with Gasteiger partial charge in [0.15, 0.2) is 0 Å². The highest BCUT2D eigenvalue weighted by Gasteiger charge is 2.17. The molecule has 2 rings (SSSR count). The second-order valence-electron chi connectivity index (χ2n) is 5.61. The molecule has 100 valence electrons. The molecule has 0 heterocycles. The van der Waals surface area contributed by atoms with Gasteiger partial charge < -0.3 is 16.0 Å². The van der Waals surface area contributed by atoms with Crippen molar-refractivity contribution in [1.82, 2.24) is 0 Å². The fraction of sp³-hybridized carbons (Fsp3) is 0.600. The van der Waals surface area contributed by atoms with E-state index in [1.54, 1.807) is 0 Å². The summed E-state index contributed by atoms with van der Waals surface area (Å²) in [5, 5.41) is 3.56. The number of benzene rings is 1. The van der Waals surface area contributed by atoms with Gasteiger partial charge in [0.2, 0.25) is 0 Å². The van der Waals surface area contributed by atoms with E-state index in [-0.39, 0.29) is 0 Å². The molecule has 3 heteroatoms.